The second-order valence-corrected chi connectivity index (χ2v) is 6.73. The summed E-state index contributed by atoms with van der Waals surface area (Å²) in [7, 11) is 1.34. The number of hydrogen-bond donors (Lipinski definition) is 1. The molecule has 3 rings (SSSR count). The van der Waals surface area contributed by atoms with Crippen molar-refractivity contribution in [1.82, 2.24) is 9.88 Å². The number of aromatic nitrogens is 1. The van der Waals surface area contributed by atoms with E-state index in [1.165, 1.54) is 13.3 Å². The van der Waals surface area contributed by atoms with Crippen LogP contribution in [0.25, 0.3) is 10.9 Å². The molecule has 8 heteroatoms. The van der Waals surface area contributed by atoms with E-state index in [4.69, 9.17) is 14.2 Å². The maximum atomic E-state index is 12.4. The molecule has 1 aliphatic rings. The van der Waals surface area contributed by atoms with E-state index >= 15 is 0 Å². The van der Waals surface area contributed by atoms with Crippen molar-refractivity contribution in [2.75, 3.05) is 58.4 Å². The van der Waals surface area contributed by atoms with Crippen molar-refractivity contribution in [3.8, 4) is 0 Å². The summed E-state index contributed by atoms with van der Waals surface area (Å²) in [5, 5.41) is 4.05. The number of fused-ring (bicyclic) bond motifs is 1. The third-order valence-electron chi connectivity index (χ3n) is 4.84. The zero-order valence-corrected chi connectivity index (χ0v) is 16.9. The second kappa shape index (κ2) is 10.2. The number of hydrogen-bond acceptors (Lipinski definition) is 8. The number of esters is 2. The lowest BCUT2D eigenvalue weighted by atomic mass is 10.1. The lowest BCUT2D eigenvalue weighted by molar-refractivity contribution is 0.0378. The van der Waals surface area contributed by atoms with Crippen molar-refractivity contribution < 1.29 is 23.8 Å². The molecule has 0 unspecified atom stereocenters. The summed E-state index contributed by atoms with van der Waals surface area (Å²) in [6.07, 6.45) is 2.42. The Balaban J connectivity index is 1.84. The Kier molecular flexibility index (Phi) is 7.37. The smallest absolute Gasteiger partial charge is 0.341 e. The number of ether oxygens (including phenoxy) is 3. The van der Waals surface area contributed by atoms with Crippen LogP contribution >= 0.6 is 0 Å². The van der Waals surface area contributed by atoms with Gasteiger partial charge in [-0.15, -0.1) is 0 Å². The zero-order valence-electron chi connectivity index (χ0n) is 16.9. The Hall–Kier alpha value is -2.71. The molecule has 156 valence electrons. The summed E-state index contributed by atoms with van der Waals surface area (Å²) in [6, 6.07) is 5.10. The van der Waals surface area contributed by atoms with E-state index in [-0.39, 0.29) is 6.61 Å². The number of anilines is 1. The molecule has 1 aromatic carbocycles. The van der Waals surface area contributed by atoms with E-state index in [2.05, 4.69) is 15.2 Å². The molecule has 0 amide bonds. The Morgan fingerprint density at radius 3 is 2.76 bits per heavy atom. The third kappa shape index (κ3) is 5.21. The van der Waals surface area contributed by atoms with E-state index in [9.17, 15) is 9.59 Å². The molecule has 0 aliphatic carbocycles. The molecule has 1 saturated heterocycles. The minimum Gasteiger partial charge on any atom is -0.465 e. The van der Waals surface area contributed by atoms with Gasteiger partial charge in [-0.3, -0.25) is 9.88 Å². The van der Waals surface area contributed by atoms with E-state index in [1.54, 1.807) is 25.1 Å². The molecule has 8 nitrogen and oxygen atoms in total. The molecule has 1 fully saturated rings. The van der Waals surface area contributed by atoms with E-state index < -0.39 is 11.9 Å². The highest BCUT2D eigenvalue weighted by molar-refractivity contribution is 6.06. The van der Waals surface area contributed by atoms with E-state index in [1.807, 2.05) is 0 Å². The average molecular weight is 401 g/mol. The summed E-state index contributed by atoms with van der Waals surface area (Å²) in [5.74, 6) is -0.882. The van der Waals surface area contributed by atoms with Crippen molar-refractivity contribution in [2.24, 2.45) is 0 Å². The van der Waals surface area contributed by atoms with Crippen molar-refractivity contribution in [1.29, 1.82) is 0 Å². The largest absolute Gasteiger partial charge is 0.465 e. The quantitative estimate of drug-likeness (QED) is 0.533. The van der Waals surface area contributed by atoms with Crippen LogP contribution in [0.1, 0.15) is 34.1 Å². The van der Waals surface area contributed by atoms with Gasteiger partial charge in [0.1, 0.15) is 5.56 Å². The van der Waals surface area contributed by atoms with Crippen LogP contribution in [0.3, 0.4) is 0 Å². The van der Waals surface area contributed by atoms with Crippen LogP contribution in [-0.4, -0.2) is 74.9 Å². The Morgan fingerprint density at radius 1 is 1.24 bits per heavy atom. The molecule has 1 aliphatic heterocycles. The van der Waals surface area contributed by atoms with Gasteiger partial charge in [0.15, 0.2) is 0 Å². The first kappa shape index (κ1) is 21.0. The number of morpholine rings is 1. The number of methoxy groups -OCH3 is 1. The molecule has 0 radical (unpaired) electrons. The molecule has 2 heterocycles. The summed E-state index contributed by atoms with van der Waals surface area (Å²) < 4.78 is 15.4. The van der Waals surface area contributed by atoms with E-state index in [0.717, 1.165) is 39.3 Å². The van der Waals surface area contributed by atoms with Crippen LogP contribution in [0.4, 0.5) is 5.69 Å². The number of carbonyl (C=O) groups excluding carboxylic acids is 2. The van der Waals surface area contributed by atoms with Crippen molar-refractivity contribution in [2.45, 2.75) is 13.3 Å². The molecular weight excluding hydrogens is 374 g/mol. The molecule has 0 spiro atoms. The maximum absolute atomic E-state index is 12.4. The number of carbonyl (C=O) groups is 2. The SMILES string of the molecule is CCOC(=O)c1cnc2ccc(C(=O)OC)cc2c1NCCCN1CCOCC1. The first-order valence-corrected chi connectivity index (χ1v) is 9.86. The summed E-state index contributed by atoms with van der Waals surface area (Å²) in [4.78, 5) is 31.1. The molecule has 1 aromatic heterocycles. The van der Waals surface area contributed by atoms with Crippen molar-refractivity contribution >= 4 is 28.5 Å². The van der Waals surface area contributed by atoms with Gasteiger partial charge in [-0.25, -0.2) is 9.59 Å². The van der Waals surface area contributed by atoms with Gasteiger partial charge < -0.3 is 19.5 Å². The Morgan fingerprint density at radius 2 is 2.03 bits per heavy atom. The number of nitrogens with one attached hydrogen (secondary N) is 1. The summed E-state index contributed by atoms with van der Waals surface area (Å²) >= 11 is 0. The topological polar surface area (TPSA) is 90.0 Å². The van der Waals surface area contributed by atoms with Gasteiger partial charge in [0, 0.05) is 31.2 Å². The van der Waals surface area contributed by atoms with E-state index in [0.29, 0.717) is 34.3 Å². The minimum absolute atomic E-state index is 0.273. The standard InChI is InChI=1S/C21H27N3O5/c1-3-29-21(26)17-14-23-18-6-5-15(20(25)27-2)13-16(18)19(17)22-7-4-8-24-9-11-28-12-10-24/h5-6,13-14H,3-4,7-12H2,1-2H3,(H,22,23). The Labute approximate surface area is 170 Å². The zero-order chi connectivity index (χ0) is 20.6. The van der Waals surface area contributed by atoms with Crippen LogP contribution in [0.5, 0.6) is 0 Å². The summed E-state index contributed by atoms with van der Waals surface area (Å²) in [5.41, 5.74) is 2.06. The fourth-order valence-corrected chi connectivity index (χ4v) is 3.33. The highest BCUT2D eigenvalue weighted by Crippen LogP contribution is 2.28. The number of rotatable bonds is 8. The number of pyridine rings is 1. The molecule has 0 atom stereocenters. The average Bonchev–Trinajstić information content (AvgIpc) is 2.76. The highest BCUT2D eigenvalue weighted by Gasteiger charge is 2.18. The molecule has 1 N–H and O–H groups in total. The monoisotopic (exact) mass is 401 g/mol. The normalized spacial score (nSPS) is 14.6. The Bertz CT molecular complexity index is 865. The van der Waals surface area contributed by atoms with Crippen LogP contribution in [0.2, 0.25) is 0 Å². The molecule has 0 saturated carbocycles. The van der Waals surface area contributed by atoms with Crippen LogP contribution in [0, 0.1) is 0 Å². The van der Waals surface area contributed by atoms with Gasteiger partial charge >= 0.3 is 11.9 Å². The second-order valence-electron chi connectivity index (χ2n) is 6.73. The summed E-state index contributed by atoms with van der Waals surface area (Å²) in [6.45, 7) is 7.07. The van der Waals surface area contributed by atoms with Gasteiger partial charge in [-0.1, -0.05) is 0 Å². The first-order valence-electron chi connectivity index (χ1n) is 9.86. The molecule has 29 heavy (non-hydrogen) atoms. The van der Waals surface area contributed by atoms with Crippen LogP contribution in [-0.2, 0) is 14.2 Å². The van der Waals surface area contributed by atoms with Gasteiger partial charge in [-0.05, 0) is 38.1 Å². The van der Waals surface area contributed by atoms with Gasteiger partial charge in [0.2, 0.25) is 0 Å². The lowest BCUT2D eigenvalue weighted by Crippen LogP contribution is -2.37. The predicted octanol–water partition coefficient (Wildman–Crippen LogP) is 2.33. The number of benzene rings is 1. The fraction of sp³-hybridized carbons (Fsp3) is 0.476. The van der Waals surface area contributed by atoms with Crippen LogP contribution in [0.15, 0.2) is 24.4 Å². The van der Waals surface area contributed by atoms with Crippen LogP contribution < -0.4 is 5.32 Å². The van der Waals surface area contributed by atoms with Gasteiger partial charge in [0.05, 0.1) is 43.7 Å². The van der Waals surface area contributed by atoms with Crippen molar-refractivity contribution in [3.63, 3.8) is 0 Å². The van der Waals surface area contributed by atoms with Gasteiger partial charge in [0.25, 0.3) is 0 Å². The molecule has 0 bridgehead atoms. The third-order valence-corrected chi connectivity index (χ3v) is 4.84. The predicted molar refractivity (Wildman–Crippen MR) is 109 cm³/mol. The maximum Gasteiger partial charge on any atom is 0.341 e. The first-order chi connectivity index (χ1) is 14.1. The molecular formula is C21H27N3O5. The molecule has 2 aromatic rings. The highest BCUT2D eigenvalue weighted by atomic mass is 16.5. The van der Waals surface area contributed by atoms with Gasteiger partial charge in [-0.2, -0.15) is 0 Å². The van der Waals surface area contributed by atoms with Crippen molar-refractivity contribution in [3.05, 3.63) is 35.5 Å². The minimum atomic E-state index is -0.443. The fourth-order valence-electron chi connectivity index (χ4n) is 3.33. The number of nitrogens with zero attached hydrogens (tertiary/aromatic N) is 2. The lowest BCUT2D eigenvalue weighted by Gasteiger charge is -2.26.